The molecule has 0 aromatic heterocycles. The third-order valence-electron chi connectivity index (χ3n) is 1.09. The van der Waals surface area contributed by atoms with Crippen LogP contribution in [0, 0.1) is 0 Å². The molecule has 0 aliphatic heterocycles. The van der Waals surface area contributed by atoms with Crippen LogP contribution in [-0.4, -0.2) is 9.39 Å². The zero-order valence-electron chi connectivity index (χ0n) is 4.90. The summed E-state index contributed by atoms with van der Waals surface area (Å²) in [6.07, 6.45) is 0.607. The molecule has 0 aliphatic rings. The van der Waals surface area contributed by atoms with Gasteiger partial charge in [-0.1, -0.05) is 29.5 Å². The van der Waals surface area contributed by atoms with Crippen molar-refractivity contribution < 1.29 is 9.90 Å². The molecular weight excluding hydrogens is 219 g/mol. The van der Waals surface area contributed by atoms with Crippen molar-refractivity contribution >= 4 is 28.6 Å². The van der Waals surface area contributed by atoms with E-state index in [4.69, 9.17) is 0 Å². The van der Waals surface area contributed by atoms with Crippen molar-refractivity contribution in [1.29, 1.82) is 0 Å². The molecule has 8 heavy (non-hydrogen) atoms. The van der Waals surface area contributed by atoms with Crippen molar-refractivity contribution in [2.45, 2.75) is 23.7 Å². The topological polar surface area (TPSA) is 40.1 Å². The van der Waals surface area contributed by atoms with E-state index < -0.39 is 9.39 Å². The highest BCUT2D eigenvalue weighted by Crippen LogP contribution is 2.20. The second kappa shape index (κ2) is 2.66. The number of hydrogen-bond acceptors (Lipinski definition) is 2. The van der Waals surface area contributed by atoms with Crippen molar-refractivity contribution in [1.82, 2.24) is 0 Å². The first-order chi connectivity index (χ1) is 3.50. The maximum absolute atomic E-state index is 10.1. The number of rotatable bonds is 2. The molecule has 0 aliphatic carbocycles. The quantitative estimate of drug-likeness (QED) is 0.504. The minimum Gasteiger partial charge on any atom is -0.549 e. The summed E-state index contributed by atoms with van der Waals surface area (Å²) in [5.74, 6) is -0.986. The van der Waals surface area contributed by atoms with Crippen LogP contribution in [0.15, 0.2) is 0 Å². The van der Waals surface area contributed by atoms with E-state index in [1.807, 2.05) is 29.5 Å². The lowest BCUT2D eigenvalue weighted by atomic mass is 10.1. The fourth-order valence-corrected chi connectivity index (χ4v) is 0.144. The Morgan fingerprint density at radius 1 is 1.88 bits per heavy atom. The van der Waals surface area contributed by atoms with Crippen molar-refractivity contribution in [2.24, 2.45) is 0 Å². The van der Waals surface area contributed by atoms with Gasteiger partial charge in [0.2, 0.25) is 0 Å². The predicted octanol–water partition coefficient (Wildman–Crippen LogP) is 0.340. The van der Waals surface area contributed by atoms with Crippen LogP contribution in [0.2, 0.25) is 0 Å². The SMILES string of the molecule is CCC(C)(I)C(=O)[O-]. The van der Waals surface area contributed by atoms with Crippen LogP contribution in [0.25, 0.3) is 0 Å². The normalized spacial score (nSPS) is 17.4. The highest BCUT2D eigenvalue weighted by atomic mass is 127. The zero-order chi connectivity index (χ0) is 6.78. The van der Waals surface area contributed by atoms with E-state index in [9.17, 15) is 9.90 Å². The summed E-state index contributed by atoms with van der Waals surface area (Å²) in [5, 5.41) is 10.1. The highest BCUT2D eigenvalue weighted by molar-refractivity contribution is 14.1. The molecule has 1 atom stereocenters. The molecule has 1 unspecified atom stereocenters. The van der Waals surface area contributed by atoms with Crippen molar-refractivity contribution in [3.05, 3.63) is 0 Å². The molecule has 0 heterocycles. The van der Waals surface area contributed by atoms with Gasteiger partial charge in [0, 0.05) is 0 Å². The summed E-state index contributed by atoms with van der Waals surface area (Å²) in [6.45, 7) is 3.46. The van der Waals surface area contributed by atoms with Crippen molar-refractivity contribution in [3.8, 4) is 0 Å². The second-order valence-corrected chi connectivity index (χ2v) is 4.22. The molecular formula is C5H8IO2-. The molecule has 0 amide bonds. The fourth-order valence-electron chi connectivity index (χ4n) is 0.144. The molecule has 0 aromatic carbocycles. The van der Waals surface area contributed by atoms with Gasteiger partial charge in [-0.3, -0.25) is 0 Å². The molecule has 0 spiro atoms. The van der Waals surface area contributed by atoms with Gasteiger partial charge in [-0.05, 0) is 13.3 Å². The Morgan fingerprint density at radius 3 is 2.25 bits per heavy atom. The Morgan fingerprint density at radius 2 is 2.25 bits per heavy atom. The van der Waals surface area contributed by atoms with Crippen LogP contribution in [0.3, 0.4) is 0 Å². The summed E-state index contributed by atoms with van der Waals surface area (Å²) < 4.78 is -0.683. The average molecular weight is 227 g/mol. The van der Waals surface area contributed by atoms with Crippen LogP contribution >= 0.6 is 22.6 Å². The molecule has 3 heteroatoms. The van der Waals surface area contributed by atoms with Gasteiger partial charge in [0.15, 0.2) is 0 Å². The Hall–Kier alpha value is 0.200. The van der Waals surface area contributed by atoms with Crippen LogP contribution in [0.4, 0.5) is 0 Å². The average Bonchev–Trinajstić information content (AvgIpc) is 1.67. The van der Waals surface area contributed by atoms with Gasteiger partial charge >= 0.3 is 0 Å². The second-order valence-electron chi connectivity index (χ2n) is 1.84. The Labute approximate surface area is 62.4 Å². The summed E-state index contributed by atoms with van der Waals surface area (Å²) in [5.41, 5.74) is 0. The van der Waals surface area contributed by atoms with Crippen molar-refractivity contribution in [3.63, 3.8) is 0 Å². The fraction of sp³-hybridized carbons (Fsp3) is 0.800. The van der Waals surface area contributed by atoms with Gasteiger partial charge in [-0.2, -0.15) is 0 Å². The molecule has 0 saturated heterocycles. The van der Waals surface area contributed by atoms with Gasteiger partial charge in [0.05, 0.1) is 9.39 Å². The Kier molecular flexibility index (Phi) is 2.73. The van der Waals surface area contributed by atoms with Crippen LogP contribution in [0.5, 0.6) is 0 Å². The van der Waals surface area contributed by atoms with Gasteiger partial charge in [-0.15, -0.1) is 0 Å². The van der Waals surface area contributed by atoms with E-state index >= 15 is 0 Å². The van der Waals surface area contributed by atoms with E-state index in [-0.39, 0.29) is 0 Å². The molecule has 0 N–H and O–H groups in total. The van der Waals surface area contributed by atoms with Gasteiger partial charge in [0.25, 0.3) is 0 Å². The Bertz CT molecular complexity index is 98.6. The monoisotopic (exact) mass is 227 g/mol. The van der Waals surface area contributed by atoms with Gasteiger partial charge in [0.1, 0.15) is 0 Å². The number of carbonyl (C=O) groups excluding carboxylic acids is 1. The molecule has 0 rings (SSSR count). The summed E-state index contributed by atoms with van der Waals surface area (Å²) in [4.78, 5) is 10.1. The predicted molar refractivity (Wildman–Crippen MR) is 37.7 cm³/mol. The molecule has 48 valence electrons. The Balaban J connectivity index is 3.91. The van der Waals surface area contributed by atoms with Gasteiger partial charge in [-0.25, -0.2) is 0 Å². The summed E-state index contributed by atoms with van der Waals surface area (Å²) >= 11 is 1.87. The molecule has 0 bridgehead atoms. The standard InChI is InChI=1S/C5H9IO2/c1-3-5(2,6)4(7)8/h3H2,1-2H3,(H,7,8)/p-1. The van der Waals surface area contributed by atoms with Crippen LogP contribution in [0.1, 0.15) is 20.3 Å². The highest BCUT2D eigenvalue weighted by Gasteiger charge is 2.17. The number of hydrogen-bond donors (Lipinski definition) is 0. The van der Waals surface area contributed by atoms with E-state index in [0.29, 0.717) is 6.42 Å². The number of aliphatic carboxylic acids is 1. The van der Waals surface area contributed by atoms with E-state index in [1.54, 1.807) is 6.92 Å². The van der Waals surface area contributed by atoms with Crippen LogP contribution < -0.4 is 5.11 Å². The molecule has 2 nitrogen and oxygen atoms in total. The van der Waals surface area contributed by atoms with E-state index in [2.05, 4.69) is 0 Å². The molecule has 0 aromatic rings. The third-order valence-corrected chi connectivity index (χ3v) is 2.29. The number of halogens is 1. The maximum atomic E-state index is 10.1. The van der Waals surface area contributed by atoms with E-state index in [0.717, 1.165) is 0 Å². The lowest BCUT2D eigenvalue weighted by Crippen LogP contribution is -2.40. The molecule has 0 radical (unpaired) electrons. The summed E-state index contributed by atoms with van der Waals surface area (Å²) in [7, 11) is 0. The van der Waals surface area contributed by atoms with Crippen LogP contribution in [-0.2, 0) is 4.79 Å². The maximum Gasteiger partial charge on any atom is 0.0585 e. The number of alkyl halides is 1. The largest absolute Gasteiger partial charge is 0.549 e. The van der Waals surface area contributed by atoms with E-state index in [1.165, 1.54) is 0 Å². The first-order valence-corrected chi connectivity index (χ1v) is 3.49. The number of carboxylic acid groups (broad SMARTS) is 1. The van der Waals surface area contributed by atoms with Crippen molar-refractivity contribution in [2.75, 3.05) is 0 Å². The first-order valence-electron chi connectivity index (χ1n) is 2.41. The number of carboxylic acids is 1. The zero-order valence-corrected chi connectivity index (χ0v) is 7.06. The summed E-state index contributed by atoms with van der Waals surface area (Å²) in [6, 6.07) is 0. The third kappa shape index (κ3) is 1.98. The minimum absolute atomic E-state index is 0.607. The number of carbonyl (C=O) groups is 1. The molecule has 0 saturated carbocycles. The first kappa shape index (κ1) is 8.20. The lowest BCUT2D eigenvalue weighted by molar-refractivity contribution is -0.307. The minimum atomic E-state index is -0.986. The lowest BCUT2D eigenvalue weighted by Gasteiger charge is -2.20. The smallest absolute Gasteiger partial charge is 0.0585 e. The molecule has 0 fully saturated rings. The van der Waals surface area contributed by atoms with Gasteiger partial charge < -0.3 is 9.90 Å².